The second-order valence-corrected chi connectivity index (χ2v) is 4.67. The molecule has 1 N–H and O–H groups in total. The summed E-state index contributed by atoms with van der Waals surface area (Å²) in [6.07, 6.45) is 0.998. The molecule has 0 amide bonds. The first-order chi connectivity index (χ1) is 8.79. The predicted octanol–water partition coefficient (Wildman–Crippen LogP) is 2.00. The molecule has 0 saturated heterocycles. The summed E-state index contributed by atoms with van der Waals surface area (Å²) < 4.78 is 4.81. The summed E-state index contributed by atoms with van der Waals surface area (Å²) in [5, 5.41) is 9.86. The quantitative estimate of drug-likeness (QED) is 0.763. The Labute approximate surface area is 107 Å². The second-order valence-electron chi connectivity index (χ2n) is 3.90. The van der Waals surface area contributed by atoms with Crippen LogP contribution in [0, 0.1) is 0 Å². The lowest BCUT2D eigenvalue weighted by molar-refractivity contribution is 0.875. The lowest BCUT2D eigenvalue weighted by atomic mass is 10.1. The molecule has 0 atom stereocenters. The largest absolute Gasteiger partial charge is 0.286 e. The van der Waals surface area contributed by atoms with Gasteiger partial charge in [0.2, 0.25) is 0 Å². The van der Waals surface area contributed by atoms with Crippen LogP contribution in [0.1, 0.15) is 12.5 Å². The van der Waals surface area contributed by atoms with Gasteiger partial charge in [0.15, 0.2) is 0 Å². The number of hydrogen-bond acceptors (Lipinski definition) is 5. The van der Waals surface area contributed by atoms with Crippen LogP contribution < -0.4 is 5.56 Å². The van der Waals surface area contributed by atoms with E-state index in [9.17, 15) is 4.79 Å². The van der Waals surface area contributed by atoms with Gasteiger partial charge in [0.25, 0.3) is 5.56 Å². The number of fused-ring (bicyclic) bond motifs is 1. The molecule has 0 saturated carbocycles. The van der Waals surface area contributed by atoms with Crippen molar-refractivity contribution in [2.24, 2.45) is 0 Å². The molecule has 2 aromatic heterocycles. The molecule has 2 heterocycles. The van der Waals surface area contributed by atoms with E-state index in [-0.39, 0.29) is 5.56 Å². The molecule has 90 valence electrons. The minimum atomic E-state index is -0.242. The Morgan fingerprint density at radius 3 is 2.78 bits per heavy atom. The van der Waals surface area contributed by atoms with E-state index in [2.05, 4.69) is 38.8 Å². The van der Waals surface area contributed by atoms with Gasteiger partial charge in [-0.05, 0) is 23.5 Å². The Kier molecular flexibility index (Phi) is 2.64. The number of nitrogens with zero attached hydrogens (tertiary/aromatic N) is 3. The SMILES string of the molecule is CCc1ccc(-c2nsc3c(=O)[nH]nnc23)cc1. The third-order valence-corrected chi connectivity index (χ3v) is 3.65. The monoisotopic (exact) mass is 258 g/mol. The summed E-state index contributed by atoms with van der Waals surface area (Å²) >= 11 is 1.15. The average molecular weight is 258 g/mol. The molecule has 5 nitrogen and oxygen atoms in total. The number of aromatic nitrogens is 4. The highest BCUT2D eigenvalue weighted by Gasteiger charge is 2.12. The zero-order valence-corrected chi connectivity index (χ0v) is 10.5. The predicted molar refractivity (Wildman–Crippen MR) is 70.6 cm³/mol. The molecule has 3 aromatic rings. The van der Waals surface area contributed by atoms with E-state index < -0.39 is 0 Å². The smallest absolute Gasteiger partial charge is 0.266 e. The minimum Gasteiger partial charge on any atom is -0.266 e. The van der Waals surface area contributed by atoms with Gasteiger partial charge in [-0.15, -0.1) is 5.10 Å². The number of rotatable bonds is 2. The summed E-state index contributed by atoms with van der Waals surface area (Å²) in [5.41, 5.74) is 3.26. The summed E-state index contributed by atoms with van der Waals surface area (Å²) in [5.74, 6) is 0. The Morgan fingerprint density at radius 1 is 1.28 bits per heavy atom. The molecular formula is C12H10N4OS. The number of benzene rings is 1. The van der Waals surface area contributed by atoms with Gasteiger partial charge >= 0.3 is 0 Å². The van der Waals surface area contributed by atoms with Crippen molar-refractivity contribution in [3.63, 3.8) is 0 Å². The van der Waals surface area contributed by atoms with E-state index in [1.165, 1.54) is 5.56 Å². The van der Waals surface area contributed by atoms with Crippen LogP contribution in [0.2, 0.25) is 0 Å². The van der Waals surface area contributed by atoms with Gasteiger partial charge in [0, 0.05) is 5.56 Å². The van der Waals surface area contributed by atoms with E-state index in [4.69, 9.17) is 0 Å². The van der Waals surface area contributed by atoms with Crippen LogP contribution in [0.5, 0.6) is 0 Å². The zero-order chi connectivity index (χ0) is 12.5. The summed E-state index contributed by atoms with van der Waals surface area (Å²) in [6, 6.07) is 8.11. The lowest BCUT2D eigenvalue weighted by Gasteiger charge is -1.99. The number of aryl methyl sites for hydroxylation is 1. The first kappa shape index (κ1) is 11.0. The van der Waals surface area contributed by atoms with Crippen LogP contribution in [0.3, 0.4) is 0 Å². The Hall–Kier alpha value is -2.08. The Morgan fingerprint density at radius 2 is 2.06 bits per heavy atom. The van der Waals surface area contributed by atoms with Gasteiger partial charge in [0.1, 0.15) is 15.9 Å². The van der Waals surface area contributed by atoms with Gasteiger partial charge in [-0.1, -0.05) is 36.4 Å². The minimum absolute atomic E-state index is 0.242. The van der Waals surface area contributed by atoms with Crippen LogP contribution in [-0.4, -0.2) is 19.8 Å². The van der Waals surface area contributed by atoms with Gasteiger partial charge in [-0.2, -0.15) is 4.37 Å². The van der Waals surface area contributed by atoms with Crippen molar-refractivity contribution in [1.82, 2.24) is 19.8 Å². The molecule has 0 spiro atoms. The zero-order valence-electron chi connectivity index (χ0n) is 9.67. The summed E-state index contributed by atoms with van der Waals surface area (Å²) in [7, 11) is 0. The Balaban J connectivity index is 2.19. The maximum atomic E-state index is 11.5. The average Bonchev–Trinajstić information content (AvgIpc) is 2.84. The van der Waals surface area contributed by atoms with Crippen LogP contribution in [0.4, 0.5) is 0 Å². The molecule has 0 aliphatic carbocycles. The Bertz CT molecular complexity index is 745. The molecule has 1 aromatic carbocycles. The number of hydrogen-bond donors (Lipinski definition) is 1. The number of H-pyrrole nitrogens is 1. The third kappa shape index (κ3) is 1.70. The van der Waals surface area contributed by atoms with Crippen molar-refractivity contribution >= 4 is 21.7 Å². The van der Waals surface area contributed by atoms with Crippen molar-refractivity contribution in [1.29, 1.82) is 0 Å². The molecule has 0 bridgehead atoms. The summed E-state index contributed by atoms with van der Waals surface area (Å²) in [4.78, 5) is 11.5. The normalized spacial score (nSPS) is 10.9. The van der Waals surface area contributed by atoms with Crippen molar-refractivity contribution < 1.29 is 0 Å². The van der Waals surface area contributed by atoms with Gasteiger partial charge in [-0.3, -0.25) is 4.79 Å². The van der Waals surface area contributed by atoms with Gasteiger partial charge < -0.3 is 0 Å². The maximum absolute atomic E-state index is 11.5. The molecule has 0 aliphatic rings. The topological polar surface area (TPSA) is 71.5 Å². The van der Waals surface area contributed by atoms with Crippen molar-refractivity contribution in [2.75, 3.05) is 0 Å². The molecule has 0 unspecified atom stereocenters. The second kappa shape index (κ2) is 4.30. The van der Waals surface area contributed by atoms with Crippen LogP contribution >= 0.6 is 11.5 Å². The molecular weight excluding hydrogens is 248 g/mol. The highest BCUT2D eigenvalue weighted by Crippen LogP contribution is 2.26. The molecule has 18 heavy (non-hydrogen) atoms. The number of nitrogens with one attached hydrogen (secondary N) is 1. The fraction of sp³-hybridized carbons (Fsp3) is 0.167. The molecule has 0 aliphatic heterocycles. The van der Waals surface area contributed by atoms with Crippen molar-refractivity contribution in [3.05, 3.63) is 40.2 Å². The lowest BCUT2D eigenvalue weighted by Crippen LogP contribution is -2.07. The number of aromatic amines is 1. The van der Waals surface area contributed by atoms with E-state index in [0.29, 0.717) is 10.2 Å². The van der Waals surface area contributed by atoms with E-state index in [0.717, 1.165) is 29.2 Å². The third-order valence-electron chi connectivity index (χ3n) is 2.81. The van der Waals surface area contributed by atoms with E-state index >= 15 is 0 Å². The standard InChI is InChI=1S/C12H10N4OS/c1-2-7-3-5-8(6-4-7)9-10-11(18-15-9)12(17)14-16-13-10/h3-6H,2H2,1H3,(H,13,14,17). The van der Waals surface area contributed by atoms with E-state index in [1.807, 2.05) is 12.1 Å². The van der Waals surface area contributed by atoms with Crippen molar-refractivity contribution in [2.45, 2.75) is 13.3 Å². The van der Waals surface area contributed by atoms with Crippen LogP contribution in [0.25, 0.3) is 21.5 Å². The highest BCUT2D eigenvalue weighted by atomic mass is 32.1. The van der Waals surface area contributed by atoms with Crippen LogP contribution in [-0.2, 0) is 6.42 Å². The molecule has 0 radical (unpaired) electrons. The molecule has 6 heteroatoms. The first-order valence-electron chi connectivity index (χ1n) is 5.59. The van der Waals surface area contributed by atoms with Gasteiger partial charge in [-0.25, -0.2) is 5.10 Å². The first-order valence-corrected chi connectivity index (χ1v) is 6.37. The molecule has 3 rings (SSSR count). The fourth-order valence-electron chi connectivity index (χ4n) is 1.79. The van der Waals surface area contributed by atoms with Crippen molar-refractivity contribution in [3.8, 4) is 11.3 Å². The van der Waals surface area contributed by atoms with Crippen LogP contribution in [0.15, 0.2) is 29.1 Å². The van der Waals surface area contributed by atoms with E-state index in [1.54, 1.807) is 0 Å². The van der Waals surface area contributed by atoms with Gasteiger partial charge in [0.05, 0.1) is 0 Å². The molecule has 0 fully saturated rings. The fourth-order valence-corrected chi connectivity index (χ4v) is 2.51. The maximum Gasteiger partial charge on any atom is 0.286 e. The summed E-state index contributed by atoms with van der Waals surface area (Å²) in [6.45, 7) is 2.11. The highest BCUT2D eigenvalue weighted by molar-refractivity contribution is 7.13.